The number of rotatable bonds is 3. The number of aromatic nitrogens is 3. The molecule has 4 rings (SSSR count). The zero-order valence-electron chi connectivity index (χ0n) is 15.0. The van der Waals surface area contributed by atoms with E-state index in [9.17, 15) is 4.79 Å². The number of amides is 2. The van der Waals surface area contributed by atoms with E-state index in [0.29, 0.717) is 11.5 Å². The largest absolute Gasteiger partial charge is 0.485 e. The Balaban J connectivity index is 1.49. The van der Waals surface area contributed by atoms with Gasteiger partial charge in [-0.15, -0.1) is 10.2 Å². The number of ether oxygens (including phenoxy) is 1. The molecule has 0 saturated heterocycles. The molecule has 2 N–H and O–H groups in total. The van der Waals surface area contributed by atoms with Crippen LogP contribution in [0.25, 0.3) is 5.65 Å². The second-order valence-corrected chi connectivity index (χ2v) is 7.14. The highest BCUT2D eigenvalue weighted by Gasteiger charge is 2.32. The van der Waals surface area contributed by atoms with Crippen molar-refractivity contribution in [3.63, 3.8) is 0 Å². The first-order valence-electron chi connectivity index (χ1n) is 8.61. The summed E-state index contributed by atoms with van der Waals surface area (Å²) in [7, 11) is 0. The third-order valence-electron chi connectivity index (χ3n) is 4.41. The Morgan fingerprint density at radius 1 is 1.23 bits per heavy atom. The number of urea groups is 1. The maximum Gasteiger partial charge on any atom is 0.319 e. The topological polar surface area (TPSA) is 80.5 Å². The van der Waals surface area contributed by atoms with Gasteiger partial charge in [-0.3, -0.25) is 4.40 Å². The van der Waals surface area contributed by atoms with Crippen molar-refractivity contribution in [2.75, 3.05) is 5.32 Å². The van der Waals surface area contributed by atoms with E-state index >= 15 is 0 Å². The molecule has 3 aromatic rings. The van der Waals surface area contributed by atoms with Gasteiger partial charge >= 0.3 is 6.03 Å². The van der Waals surface area contributed by atoms with Gasteiger partial charge in [0.1, 0.15) is 11.4 Å². The fourth-order valence-electron chi connectivity index (χ4n) is 3.29. The summed E-state index contributed by atoms with van der Waals surface area (Å²) in [5.41, 5.74) is 2.26. The Bertz CT molecular complexity index is 979. The molecule has 0 aliphatic carbocycles. The van der Waals surface area contributed by atoms with Crippen molar-refractivity contribution in [3.8, 4) is 5.75 Å². The standard InChI is InChI=1S/C19H21N5O2/c1-12(17-23-22-15-9-4-5-10-24(15)17)20-18(25)21-14-8-6-7-13-11-19(2,3)26-16(13)14/h4-10,12H,11H2,1-3H3,(H2,20,21,25)/t12-/m1/s1. The summed E-state index contributed by atoms with van der Waals surface area (Å²) >= 11 is 0. The predicted molar refractivity (Wildman–Crippen MR) is 98.4 cm³/mol. The van der Waals surface area contributed by atoms with Crippen molar-refractivity contribution < 1.29 is 9.53 Å². The highest BCUT2D eigenvalue weighted by molar-refractivity contribution is 5.91. The van der Waals surface area contributed by atoms with E-state index < -0.39 is 0 Å². The number of nitrogens with one attached hydrogen (secondary N) is 2. The molecule has 0 radical (unpaired) electrons. The van der Waals surface area contributed by atoms with Crippen LogP contribution in [0.4, 0.5) is 10.5 Å². The Labute approximate surface area is 151 Å². The molecule has 1 aromatic carbocycles. The molecule has 0 fully saturated rings. The number of nitrogens with zero attached hydrogens (tertiary/aromatic N) is 3. The smallest absolute Gasteiger partial charge is 0.319 e. The van der Waals surface area contributed by atoms with Gasteiger partial charge in [-0.1, -0.05) is 18.2 Å². The Morgan fingerprint density at radius 2 is 2.08 bits per heavy atom. The number of hydrogen-bond acceptors (Lipinski definition) is 4. The summed E-state index contributed by atoms with van der Waals surface area (Å²) in [6, 6.07) is 10.8. The van der Waals surface area contributed by atoms with Crippen molar-refractivity contribution in [1.29, 1.82) is 0 Å². The highest BCUT2D eigenvalue weighted by atomic mass is 16.5. The van der Waals surface area contributed by atoms with Crippen molar-refractivity contribution in [2.45, 2.75) is 38.8 Å². The van der Waals surface area contributed by atoms with E-state index in [1.807, 2.05) is 67.8 Å². The number of fused-ring (bicyclic) bond motifs is 2. The lowest BCUT2D eigenvalue weighted by atomic mass is 10.0. The van der Waals surface area contributed by atoms with Gasteiger partial charge in [-0.05, 0) is 39.0 Å². The number of hydrogen-bond donors (Lipinski definition) is 2. The molecule has 1 aliphatic heterocycles. The van der Waals surface area contributed by atoms with Crippen LogP contribution in [0, 0.1) is 0 Å². The van der Waals surface area contributed by atoms with Gasteiger partial charge in [-0.25, -0.2) is 4.79 Å². The SMILES string of the molecule is C[C@@H](NC(=O)Nc1cccc2c1OC(C)(C)C2)c1nnc2ccccn12. The lowest BCUT2D eigenvalue weighted by Gasteiger charge is -2.19. The van der Waals surface area contributed by atoms with E-state index in [2.05, 4.69) is 20.8 Å². The quantitative estimate of drug-likeness (QED) is 0.758. The lowest BCUT2D eigenvalue weighted by molar-refractivity contribution is 0.139. The number of anilines is 1. The summed E-state index contributed by atoms with van der Waals surface area (Å²) in [4.78, 5) is 12.5. The van der Waals surface area contributed by atoms with Crippen LogP contribution in [0.15, 0.2) is 42.6 Å². The van der Waals surface area contributed by atoms with E-state index in [1.54, 1.807) is 0 Å². The number of para-hydroxylation sites is 1. The molecule has 7 nitrogen and oxygen atoms in total. The fraction of sp³-hybridized carbons (Fsp3) is 0.316. The van der Waals surface area contributed by atoms with E-state index in [1.165, 1.54) is 0 Å². The van der Waals surface area contributed by atoms with Crippen molar-refractivity contribution >= 4 is 17.4 Å². The average Bonchev–Trinajstić information content (AvgIpc) is 3.14. The molecule has 26 heavy (non-hydrogen) atoms. The zero-order chi connectivity index (χ0) is 18.3. The van der Waals surface area contributed by atoms with E-state index in [0.717, 1.165) is 23.4 Å². The Morgan fingerprint density at radius 3 is 2.92 bits per heavy atom. The maximum atomic E-state index is 12.5. The summed E-state index contributed by atoms with van der Waals surface area (Å²) in [5.74, 6) is 1.42. The first kappa shape index (κ1) is 16.4. The van der Waals surface area contributed by atoms with Gasteiger partial charge in [0, 0.05) is 18.2 Å². The summed E-state index contributed by atoms with van der Waals surface area (Å²) < 4.78 is 7.85. The lowest BCUT2D eigenvalue weighted by Crippen LogP contribution is -2.32. The third-order valence-corrected chi connectivity index (χ3v) is 4.41. The van der Waals surface area contributed by atoms with E-state index in [4.69, 9.17) is 4.74 Å². The number of carbonyl (C=O) groups excluding carboxylic acids is 1. The zero-order valence-corrected chi connectivity index (χ0v) is 15.0. The first-order valence-corrected chi connectivity index (χ1v) is 8.61. The average molecular weight is 351 g/mol. The van der Waals surface area contributed by atoms with Crippen molar-refractivity contribution in [2.24, 2.45) is 0 Å². The molecular weight excluding hydrogens is 330 g/mol. The number of carbonyl (C=O) groups is 1. The molecule has 134 valence electrons. The van der Waals surface area contributed by atoms with Crippen LogP contribution in [0.2, 0.25) is 0 Å². The summed E-state index contributed by atoms with van der Waals surface area (Å²) in [6.07, 6.45) is 2.70. The van der Waals surface area contributed by atoms with Crippen LogP contribution in [0.3, 0.4) is 0 Å². The number of pyridine rings is 1. The highest BCUT2D eigenvalue weighted by Crippen LogP contribution is 2.40. The molecule has 0 saturated carbocycles. The Kier molecular flexibility index (Phi) is 3.79. The summed E-state index contributed by atoms with van der Waals surface area (Å²) in [6.45, 7) is 5.95. The van der Waals surface area contributed by atoms with Gasteiger partial charge in [-0.2, -0.15) is 0 Å². The van der Waals surface area contributed by atoms with Gasteiger partial charge in [0.25, 0.3) is 0 Å². The molecule has 2 amide bonds. The number of benzene rings is 1. The molecule has 2 aromatic heterocycles. The monoisotopic (exact) mass is 351 g/mol. The normalized spacial score (nSPS) is 16.0. The fourth-order valence-corrected chi connectivity index (χ4v) is 3.29. The molecule has 3 heterocycles. The van der Waals surface area contributed by atoms with Crippen molar-refractivity contribution in [3.05, 3.63) is 54.0 Å². The van der Waals surface area contributed by atoms with Gasteiger partial charge in [0.2, 0.25) is 0 Å². The second-order valence-electron chi connectivity index (χ2n) is 7.14. The van der Waals surface area contributed by atoms with Crippen LogP contribution in [-0.2, 0) is 6.42 Å². The molecule has 7 heteroatoms. The van der Waals surface area contributed by atoms with Crippen LogP contribution in [0.1, 0.15) is 38.2 Å². The van der Waals surface area contributed by atoms with Crippen LogP contribution >= 0.6 is 0 Å². The van der Waals surface area contributed by atoms with Crippen LogP contribution in [0.5, 0.6) is 5.75 Å². The van der Waals surface area contributed by atoms with E-state index in [-0.39, 0.29) is 17.7 Å². The molecular formula is C19H21N5O2. The third kappa shape index (κ3) is 2.96. The molecule has 0 spiro atoms. The van der Waals surface area contributed by atoms with Gasteiger partial charge in [0.05, 0.1) is 11.7 Å². The van der Waals surface area contributed by atoms with Crippen LogP contribution < -0.4 is 15.4 Å². The maximum absolute atomic E-state index is 12.5. The molecule has 0 unspecified atom stereocenters. The van der Waals surface area contributed by atoms with Gasteiger partial charge in [0.15, 0.2) is 11.5 Å². The minimum Gasteiger partial charge on any atom is -0.485 e. The minimum absolute atomic E-state index is 0.260. The first-order chi connectivity index (χ1) is 12.4. The molecule has 0 bridgehead atoms. The van der Waals surface area contributed by atoms with Crippen molar-refractivity contribution in [1.82, 2.24) is 19.9 Å². The van der Waals surface area contributed by atoms with Gasteiger partial charge < -0.3 is 15.4 Å². The molecule has 1 atom stereocenters. The predicted octanol–water partition coefficient (Wildman–Crippen LogP) is 3.33. The summed E-state index contributed by atoms with van der Waals surface area (Å²) in [5, 5.41) is 14.1. The second kappa shape index (κ2) is 6.01. The molecule has 1 aliphatic rings. The van der Waals surface area contributed by atoms with Crippen LogP contribution in [-0.4, -0.2) is 26.2 Å². The minimum atomic E-state index is -0.313. The Hall–Kier alpha value is -3.09.